The van der Waals surface area contributed by atoms with Crippen LogP contribution in [0.2, 0.25) is 0 Å². The summed E-state index contributed by atoms with van der Waals surface area (Å²) in [6, 6.07) is 5.46. The number of amides is 1. The molecule has 0 saturated heterocycles. The highest BCUT2D eigenvalue weighted by Gasteiger charge is 2.53. The van der Waals surface area contributed by atoms with E-state index >= 15 is 0 Å². The van der Waals surface area contributed by atoms with Crippen molar-refractivity contribution in [2.75, 3.05) is 13.2 Å². The highest BCUT2D eigenvalue weighted by molar-refractivity contribution is 5.98. The number of hydrogen-bond donors (Lipinski definition) is 1. The molecule has 0 radical (unpaired) electrons. The topological polar surface area (TPSA) is 64.6 Å². The molecule has 1 aromatic rings. The number of benzene rings is 1. The number of fused-ring (bicyclic) bond motifs is 1. The van der Waals surface area contributed by atoms with Crippen molar-refractivity contribution < 1.29 is 19.1 Å². The molecule has 1 amide bonds. The minimum absolute atomic E-state index is 0.000797. The van der Waals surface area contributed by atoms with Gasteiger partial charge < -0.3 is 14.8 Å². The Balaban J connectivity index is 1.16. The van der Waals surface area contributed by atoms with Gasteiger partial charge >= 0.3 is 0 Å². The SMILES string of the molecule is CC(NC(=O)CCC(=O)c1ccc2c(c1)OCCO2)C12CC3CC(CC(C3)C1)C2. The van der Waals surface area contributed by atoms with Crippen molar-refractivity contribution in [1.29, 1.82) is 0 Å². The molecule has 1 aliphatic heterocycles. The van der Waals surface area contributed by atoms with Gasteiger partial charge in [-0.15, -0.1) is 0 Å². The van der Waals surface area contributed by atoms with Gasteiger partial charge in [0.1, 0.15) is 13.2 Å². The summed E-state index contributed by atoms with van der Waals surface area (Å²) < 4.78 is 11.1. The van der Waals surface area contributed by atoms with Crippen LogP contribution in [0.25, 0.3) is 0 Å². The Morgan fingerprint density at radius 3 is 2.28 bits per heavy atom. The van der Waals surface area contributed by atoms with Crippen molar-refractivity contribution in [1.82, 2.24) is 5.32 Å². The van der Waals surface area contributed by atoms with Gasteiger partial charge in [0.05, 0.1) is 0 Å². The highest BCUT2D eigenvalue weighted by Crippen LogP contribution is 2.61. The van der Waals surface area contributed by atoms with Crippen molar-refractivity contribution in [3.8, 4) is 11.5 Å². The molecule has 1 unspecified atom stereocenters. The van der Waals surface area contributed by atoms with Gasteiger partial charge in [0, 0.05) is 24.4 Å². The minimum Gasteiger partial charge on any atom is -0.486 e. The third-order valence-corrected chi connectivity index (χ3v) is 7.82. The Morgan fingerprint density at radius 1 is 1.00 bits per heavy atom. The standard InChI is InChI=1S/C24H31NO4/c1-15(24-12-16-8-17(13-24)10-18(9-16)14-24)25-23(27)5-3-20(26)19-2-4-21-22(11-19)29-7-6-28-21/h2,4,11,15-18H,3,5-10,12-14H2,1H3,(H,25,27). The summed E-state index contributed by atoms with van der Waals surface area (Å²) in [6.45, 7) is 3.21. The Bertz CT molecular complexity index is 782. The zero-order valence-electron chi connectivity index (χ0n) is 17.2. The largest absolute Gasteiger partial charge is 0.486 e. The van der Waals surface area contributed by atoms with E-state index in [9.17, 15) is 9.59 Å². The second-order valence-corrected chi connectivity index (χ2v) is 9.85. The molecule has 6 rings (SSSR count). The van der Waals surface area contributed by atoms with Crippen LogP contribution in [-0.4, -0.2) is 30.9 Å². The summed E-state index contributed by atoms with van der Waals surface area (Å²) >= 11 is 0. The molecule has 0 spiro atoms. The molecular formula is C24H31NO4. The van der Waals surface area contributed by atoms with E-state index in [0.29, 0.717) is 35.7 Å². The zero-order chi connectivity index (χ0) is 20.0. The van der Waals surface area contributed by atoms with Crippen molar-refractivity contribution in [3.05, 3.63) is 23.8 Å². The van der Waals surface area contributed by atoms with Crippen LogP contribution in [0.4, 0.5) is 0 Å². The minimum atomic E-state index is -0.0282. The maximum absolute atomic E-state index is 12.6. The van der Waals surface area contributed by atoms with Crippen molar-refractivity contribution in [2.24, 2.45) is 23.2 Å². The lowest BCUT2D eigenvalue weighted by Crippen LogP contribution is -2.55. The van der Waals surface area contributed by atoms with Crippen LogP contribution in [0.15, 0.2) is 18.2 Å². The average Bonchev–Trinajstić information content (AvgIpc) is 2.70. The molecule has 5 heteroatoms. The van der Waals surface area contributed by atoms with E-state index in [4.69, 9.17) is 9.47 Å². The molecule has 4 saturated carbocycles. The molecule has 5 nitrogen and oxygen atoms in total. The van der Waals surface area contributed by atoms with Crippen LogP contribution in [-0.2, 0) is 4.79 Å². The van der Waals surface area contributed by atoms with Crippen LogP contribution in [0, 0.1) is 23.2 Å². The van der Waals surface area contributed by atoms with Crippen LogP contribution in [0.5, 0.6) is 11.5 Å². The van der Waals surface area contributed by atoms with Crippen LogP contribution in [0.1, 0.15) is 68.6 Å². The van der Waals surface area contributed by atoms with Gasteiger partial charge in [-0.05, 0) is 86.8 Å². The summed E-state index contributed by atoms with van der Waals surface area (Å²) in [5.74, 6) is 3.88. The van der Waals surface area contributed by atoms with Gasteiger partial charge in [0.2, 0.25) is 5.91 Å². The molecule has 0 aromatic heterocycles. The predicted molar refractivity (Wildman–Crippen MR) is 109 cm³/mol. The van der Waals surface area contributed by atoms with Gasteiger partial charge in [0.15, 0.2) is 17.3 Å². The van der Waals surface area contributed by atoms with E-state index in [1.807, 2.05) is 0 Å². The molecule has 5 aliphatic rings. The van der Waals surface area contributed by atoms with E-state index in [-0.39, 0.29) is 30.6 Å². The lowest BCUT2D eigenvalue weighted by molar-refractivity contribution is -0.125. The number of carbonyl (C=O) groups is 2. The first kappa shape index (κ1) is 19.0. The maximum atomic E-state index is 12.6. The second kappa shape index (κ2) is 7.33. The fourth-order valence-electron chi connectivity index (χ4n) is 6.76. The molecule has 1 N–H and O–H groups in total. The number of carbonyl (C=O) groups excluding carboxylic acids is 2. The number of ether oxygens (including phenoxy) is 2. The fourth-order valence-corrected chi connectivity index (χ4v) is 6.76. The summed E-state index contributed by atoms with van der Waals surface area (Å²) in [5.41, 5.74) is 0.876. The summed E-state index contributed by atoms with van der Waals surface area (Å²) in [4.78, 5) is 25.2. The molecule has 1 aromatic carbocycles. The Morgan fingerprint density at radius 2 is 1.62 bits per heavy atom. The molecule has 1 atom stereocenters. The van der Waals surface area contributed by atoms with Gasteiger partial charge in [0.25, 0.3) is 0 Å². The molecule has 4 bridgehead atoms. The molecule has 29 heavy (non-hydrogen) atoms. The Kier molecular flexibility index (Phi) is 4.79. The van der Waals surface area contributed by atoms with Crippen LogP contribution in [0.3, 0.4) is 0 Å². The van der Waals surface area contributed by atoms with E-state index in [2.05, 4.69) is 12.2 Å². The lowest BCUT2D eigenvalue weighted by atomic mass is 9.48. The summed E-state index contributed by atoms with van der Waals surface area (Å²) in [5, 5.41) is 3.26. The van der Waals surface area contributed by atoms with Crippen molar-refractivity contribution in [2.45, 2.75) is 64.3 Å². The summed E-state index contributed by atoms with van der Waals surface area (Å²) in [6.07, 6.45) is 8.50. The third-order valence-electron chi connectivity index (χ3n) is 7.82. The fraction of sp³-hybridized carbons (Fsp3) is 0.667. The van der Waals surface area contributed by atoms with Crippen molar-refractivity contribution >= 4 is 11.7 Å². The van der Waals surface area contributed by atoms with E-state index < -0.39 is 0 Å². The molecule has 4 aliphatic carbocycles. The van der Waals surface area contributed by atoms with E-state index in [1.165, 1.54) is 38.5 Å². The monoisotopic (exact) mass is 397 g/mol. The Labute approximate surface area is 172 Å². The van der Waals surface area contributed by atoms with Gasteiger partial charge in [-0.25, -0.2) is 0 Å². The Hall–Kier alpha value is -2.04. The number of nitrogens with one attached hydrogen (secondary N) is 1. The molecule has 4 fully saturated rings. The quantitative estimate of drug-likeness (QED) is 0.733. The number of ketones is 1. The third kappa shape index (κ3) is 3.64. The number of Topliss-reactive ketones (excluding diaryl/α,β-unsaturated/α-hetero) is 1. The average molecular weight is 398 g/mol. The molecule has 156 valence electrons. The molecule has 1 heterocycles. The van der Waals surface area contributed by atoms with Crippen LogP contribution >= 0.6 is 0 Å². The van der Waals surface area contributed by atoms with E-state index in [1.54, 1.807) is 18.2 Å². The van der Waals surface area contributed by atoms with Crippen LogP contribution < -0.4 is 14.8 Å². The number of hydrogen-bond acceptors (Lipinski definition) is 4. The van der Waals surface area contributed by atoms with Gasteiger partial charge in [-0.3, -0.25) is 9.59 Å². The highest BCUT2D eigenvalue weighted by atomic mass is 16.6. The van der Waals surface area contributed by atoms with Gasteiger partial charge in [-0.2, -0.15) is 0 Å². The predicted octanol–water partition coefficient (Wildman–Crippen LogP) is 4.14. The summed E-state index contributed by atoms with van der Waals surface area (Å²) in [7, 11) is 0. The first-order valence-corrected chi connectivity index (χ1v) is 11.2. The lowest BCUT2D eigenvalue weighted by Gasteiger charge is -2.59. The van der Waals surface area contributed by atoms with E-state index in [0.717, 1.165) is 17.8 Å². The first-order valence-electron chi connectivity index (χ1n) is 11.2. The first-order chi connectivity index (χ1) is 14.0. The van der Waals surface area contributed by atoms with Crippen molar-refractivity contribution in [3.63, 3.8) is 0 Å². The molecular weight excluding hydrogens is 366 g/mol. The number of rotatable bonds is 6. The smallest absolute Gasteiger partial charge is 0.220 e. The second-order valence-electron chi connectivity index (χ2n) is 9.85. The normalized spacial score (nSPS) is 32.7. The maximum Gasteiger partial charge on any atom is 0.220 e. The van der Waals surface area contributed by atoms with Gasteiger partial charge in [-0.1, -0.05) is 0 Å². The zero-order valence-corrected chi connectivity index (χ0v) is 17.2.